The first-order valence-corrected chi connectivity index (χ1v) is 4.90. The highest BCUT2D eigenvalue weighted by molar-refractivity contribution is 7.77. The minimum absolute atomic E-state index is 0.351. The zero-order chi connectivity index (χ0) is 9.42. The maximum Gasteiger partial charge on any atom is 0.222 e. The Morgan fingerprint density at radius 3 is 3.00 bits per heavy atom. The van der Waals surface area contributed by atoms with Gasteiger partial charge in [-0.2, -0.15) is 0 Å². The minimum Gasteiger partial charge on any atom is -0.248 e. The largest absolute Gasteiger partial charge is 0.248 e. The Labute approximate surface area is 87.7 Å². The lowest BCUT2D eigenvalue weighted by Gasteiger charge is -2.23. The maximum atomic E-state index is 5.76. The first kappa shape index (κ1) is 9.24. The van der Waals surface area contributed by atoms with Crippen molar-refractivity contribution in [2.45, 2.75) is 19.9 Å². The number of nitrogens with zero attached hydrogens (tertiary/aromatic N) is 3. The second-order valence-electron chi connectivity index (χ2n) is 3.14. The quantitative estimate of drug-likeness (QED) is 0.527. The monoisotopic (exact) mass is 215 g/mol. The lowest BCUT2D eigenvalue weighted by Crippen LogP contribution is -2.24. The highest BCUT2D eigenvalue weighted by Gasteiger charge is 2.18. The standard InChI is InChI=1S/C8H10ClN3S/c1-5-6-4-12(13)3-2-7(6)11-8(9)10-5/h13H,2-4H2,1H3. The zero-order valence-electron chi connectivity index (χ0n) is 7.29. The van der Waals surface area contributed by atoms with Crippen LogP contribution in [0, 0.1) is 6.92 Å². The van der Waals surface area contributed by atoms with Crippen LogP contribution < -0.4 is 0 Å². The van der Waals surface area contributed by atoms with E-state index in [4.69, 9.17) is 11.6 Å². The van der Waals surface area contributed by atoms with E-state index in [2.05, 4.69) is 22.8 Å². The molecule has 5 heteroatoms. The van der Waals surface area contributed by atoms with Crippen LogP contribution in [0.1, 0.15) is 17.0 Å². The van der Waals surface area contributed by atoms with Crippen LogP contribution in [0.4, 0.5) is 0 Å². The first-order chi connectivity index (χ1) is 6.16. The van der Waals surface area contributed by atoms with Crippen LogP contribution in [0.5, 0.6) is 0 Å². The maximum absolute atomic E-state index is 5.76. The molecule has 0 aromatic carbocycles. The van der Waals surface area contributed by atoms with Gasteiger partial charge in [0.05, 0.1) is 5.69 Å². The van der Waals surface area contributed by atoms with E-state index in [1.54, 1.807) is 0 Å². The fourth-order valence-corrected chi connectivity index (χ4v) is 2.00. The van der Waals surface area contributed by atoms with Crippen LogP contribution in [-0.2, 0) is 13.0 Å². The van der Waals surface area contributed by atoms with E-state index in [9.17, 15) is 0 Å². The van der Waals surface area contributed by atoms with Gasteiger partial charge in [-0.15, -0.1) is 0 Å². The van der Waals surface area contributed by atoms with Crippen molar-refractivity contribution in [3.8, 4) is 0 Å². The molecule has 0 aliphatic carbocycles. The van der Waals surface area contributed by atoms with E-state index < -0.39 is 0 Å². The predicted molar refractivity (Wildman–Crippen MR) is 54.9 cm³/mol. The third-order valence-corrected chi connectivity index (χ3v) is 2.73. The van der Waals surface area contributed by atoms with Crippen LogP contribution in [0.2, 0.25) is 5.28 Å². The molecule has 0 bridgehead atoms. The van der Waals surface area contributed by atoms with E-state index in [1.807, 2.05) is 11.2 Å². The summed E-state index contributed by atoms with van der Waals surface area (Å²) in [7, 11) is 0. The number of rotatable bonds is 0. The number of thiol groups is 1. The number of aromatic nitrogens is 2. The average molecular weight is 216 g/mol. The molecule has 1 aromatic rings. The summed E-state index contributed by atoms with van der Waals surface area (Å²) < 4.78 is 1.96. The molecule has 0 spiro atoms. The van der Waals surface area contributed by atoms with Gasteiger partial charge < -0.3 is 0 Å². The van der Waals surface area contributed by atoms with Gasteiger partial charge in [0.15, 0.2) is 0 Å². The number of hydrogen-bond acceptors (Lipinski definition) is 4. The molecule has 0 fully saturated rings. The van der Waals surface area contributed by atoms with Crippen molar-refractivity contribution in [2.24, 2.45) is 0 Å². The Morgan fingerprint density at radius 2 is 2.23 bits per heavy atom. The summed E-state index contributed by atoms with van der Waals surface area (Å²) in [5.74, 6) is 0. The molecule has 0 saturated carbocycles. The number of halogens is 1. The van der Waals surface area contributed by atoms with Crippen LogP contribution in [-0.4, -0.2) is 20.8 Å². The molecule has 2 heterocycles. The van der Waals surface area contributed by atoms with Crippen molar-refractivity contribution < 1.29 is 0 Å². The van der Waals surface area contributed by atoms with Crippen molar-refractivity contribution in [1.82, 2.24) is 14.3 Å². The second-order valence-corrected chi connectivity index (χ2v) is 4.05. The molecule has 0 saturated heterocycles. The highest BCUT2D eigenvalue weighted by atomic mass is 35.5. The minimum atomic E-state index is 0.351. The number of fused-ring (bicyclic) bond motifs is 1. The zero-order valence-corrected chi connectivity index (χ0v) is 8.94. The van der Waals surface area contributed by atoms with Gasteiger partial charge in [0, 0.05) is 30.8 Å². The molecular formula is C8H10ClN3S. The molecule has 70 valence electrons. The van der Waals surface area contributed by atoms with Crippen molar-refractivity contribution >= 4 is 24.4 Å². The van der Waals surface area contributed by atoms with Gasteiger partial charge in [0.1, 0.15) is 0 Å². The molecule has 1 aromatic heterocycles. The smallest absolute Gasteiger partial charge is 0.222 e. The third kappa shape index (κ3) is 1.80. The van der Waals surface area contributed by atoms with Crippen molar-refractivity contribution in [2.75, 3.05) is 6.54 Å². The Hall–Kier alpha value is -0.320. The molecule has 0 amide bonds. The summed E-state index contributed by atoms with van der Waals surface area (Å²) >= 11 is 10.1. The van der Waals surface area contributed by atoms with Crippen LogP contribution >= 0.6 is 24.4 Å². The van der Waals surface area contributed by atoms with E-state index in [0.29, 0.717) is 5.28 Å². The van der Waals surface area contributed by atoms with Crippen molar-refractivity contribution in [3.63, 3.8) is 0 Å². The van der Waals surface area contributed by atoms with Crippen molar-refractivity contribution in [1.29, 1.82) is 0 Å². The van der Waals surface area contributed by atoms with Crippen LogP contribution in [0.25, 0.3) is 0 Å². The molecule has 0 unspecified atom stereocenters. The number of aryl methyl sites for hydroxylation is 1. The highest BCUT2D eigenvalue weighted by Crippen LogP contribution is 2.21. The van der Waals surface area contributed by atoms with Crippen LogP contribution in [0.3, 0.4) is 0 Å². The fourth-order valence-electron chi connectivity index (χ4n) is 1.53. The molecule has 13 heavy (non-hydrogen) atoms. The van der Waals surface area contributed by atoms with E-state index in [-0.39, 0.29) is 0 Å². The van der Waals surface area contributed by atoms with Gasteiger partial charge in [-0.1, -0.05) is 12.8 Å². The Kier molecular flexibility index (Phi) is 2.45. The lowest BCUT2D eigenvalue weighted by atomic mass is 10.1. The fraction of sp³-hybridized carbons (Fsp3) is 0.500. The summed E-state index contributed by atoms with van der Waals surface area (Å²) in [4.78, 5) is 8.32. The SMILES string of the molecule is Cc1nc(Cl)nc2c1CN(S)CC2. The third-order valence-electron chi connectivity index (χ3n) is 2.22. The van der Waals surface area contributed by atoms with Gasteiger partial charge in [0.2, 0.25) is 5.28 Å². The van der Waals surface area contributed by atoms with Gasteiger partial charge in [-0.05, 0) is 18.5 Å². The molecular weight excluding hydrogens is 206 g/mol. The van der Waals surface area contributed by atoms with Gasteiger partial charge in [-0.3, -0.25) is 0 Å². The molecule has 0 atom stereocenters. The van der Waals surface area contributed by atoms with Crippen molar-refractivity contribution in [3.05, 3.63) is 22.2 Å². The topological polar surface area (TPSA) is 29.0 Å². The van der Waals surface area contributed by atoms with Crippen LogP contribution in [0.15, 0.2) is 0 Å². The first-order valence-electron chi connectivity index (χ1n) is 4.12. The van der Waals surface area contributed by atoms with Gasteiger partial charge >= 0.3 is 0 Å². The normalized spacial score (nSPS) is 17.2. The molecule has 1 aliphatic rings. The van der Waals surface area contributed by atoms with E-state index >= 15 is 0 Å². The average Bonchev–Trinajstić information content (AvgIpc) is 2.06. The molecule has 0 N–H and O–H groups in total. The second kappa shape index (κ2) is 3.44. The molecule has 2 rings (SSSR count). The summed E-state index contributed by atoms with van der Waals surface area (Å²) in [6.07, 6.45) is 0.905. The summed E-state index contributed by atoms with van der Waals surface area (Å²) in [6.45, 7) is 3.68. The molecule has 3 nitrogen and oxygen atoms in total. The lowest BCUT2D eigenvalue weighted by molar-refractivity contribution is 0.440. The number of hydrogen-bond donors (Lipinski definition) is 1. The summed E-state index contributed by atoms with van der Waals surface area (Å²) in [5.41, 5.74) is 3.21. The van der Waals surface area contributed by atoms with E-state index in [0.717, 1.165) is 30.9 Å². The van der Waals surface area contributed by atoms with Gasteiger partial charge in [-0.25, -0.2) is 14.3 Å². The van der Waals surface area contributed by atoms with Gasteiger partial charge in [0.25, 0.3) is 0 Å². The predicted octanol–water partition coefficient (Wildman–Crippen LogP) is 1.64. The summed E-state index contributed by atoms with van der Waals surface area (Å²) in [6, 6.07) is 0. The Bertz CT molecular complexity index is 342. The molecule has 1 aliphatic heterocycles. The molecule has 0 radical (unpaired) electrons. The summed E-state index contributed by atoms with van der Waals surface area (Å²) in [5, 5.41) is 0.351. The Balaban J connectivity index is 2.47. The van der Waals surface area contributed by atoms with E-state index in [1.165, 1.54) is 5.56 Å². The Morgan fingerprint density at radius 1 is 1.46 bits per heavy atom.